The summed E-state index contributed by atoms with van der Waals surface area (Å²) in [7, 11) is 1.57. The number of aryl methyl sites for hydroxylation is 1. The number of carbonyl (C=O) groups is 2. The minimum absolute atomic E-state index is 0.190. The van der Waals surface area contributed by atoms with E-state index in [0.29, 0.717) is 17.1 Å². The fraction of sp³-hybridized carbons (Fsp3) is 0.455. The number of benzene rings is 1. The predicted molar refractivity (Wildman–Crippen MR) is 107 cm³/mol. The third-order valence-electron chi connectivity index (χ3n) is 5.06. The summed E-state index contributed by atoms with van der Waals surface area (Å²) in [5.41, 5.74) is 2.44. The molecule has 0 radical (unpaired) electrons. The average Bonchev–Trinajstić information content (AvgIpc) is 3.34. The molecular weight excluding hydrogens is 374 g/mol. The molecule has 2 aromatic rings. The van der Waals surface area contributed by atoms with E-state index >= 15 is 0 Å². The molecule has 0 bridgehead atoms. The average molecular weight is 401 g/mol. The Labute approximate surface area is 170 Å². The van der Waals surface area contributed by atoms with Gasteiger partial charge >= 0.3 is 5.97 Å². The molecule has 1 aliphatic rings. The van der Waals surface area contributed by atoms with Crippen LogP contribution in [0.5, 0.6) is 11.5 Å². The Morgan fingerprint density at radius 1 is 1.14 bits per heavy atom. The summed E-state index contributed by atoms with van der Waals surface area (Å²) < 4.78 is 23.3. The second-order valence-corrected chi connectivity index (χ2v) is 7.08. The van der Waals surface area contributed by atoms with Crippen molar-refractivity contribution in [3.8, 4) is 11.5 Å². The Balaban J connectivity index is 1.50. The van der Waals surface area contributed by atoms with Crippen LogP contribution in [0.15, 0.2) is 30.3 Å². The van der Waals surface area contributed by atoms with Crippen LogP contribution >= 0.6 is 0 Å². The first-order valence-electron chi connectivity index (χ1n) is 9.72. The van der Waals surface area contributed by atoms with Gasteiger partial charge in [-0.15, -0.1) is 0 Å². The lowest BCUT2D eigenvalue weighted by Crippen LogP contribution is -2.20. The van der Waals surface area contributed by atoms with Crippen LogP contribution in [0.3, 0.4) is 0 Å². The number of rotatable bonds is 9. The van der Waals surface area contributed by atoms with Gasteiger partial charge < -0.3 is 23.5 Å². The lowest BCUT2D eigenvalue weighted by molar-refractivity contribution is -0.144. The third kappa shape index (κ3) is 5.38. The molecule has 7 nitrogen and oxygen atoms in total. The molecule has 1 aliphatic heterocycles. The molecule has 0 saturated carbocycles. The number of hydrogen-bond acceptors (Lipinski definition) is 6. The highest BCUT2D eigenvalue weighted by Crippen LogP contribution is 2.21. The number of esters is 1. The summed E-state index contributed by atoms with van der Waals surface area (Å²) in [6, 6.07) is 8.70. The Kier molecular flexibility index (Phi) is 6.93. The quantitative estimate of drug-likeness (QED) is 0.475. The van der Waals surface area contributed by atoms with Crippen LogP contribution in [-0.4, -0.2) is 49.4 Å². The summed E-state index contributed by atoms with van der Waals surface area (Å²) in [5, 5.41) is 0. The molecule has 1 atom stereocenters. The highest BCUT2D eigenvalue weighted by Gasteiger charge is 2.21. The highest BCUT2D eigenvalue weighted by atomic mass is 16.6. The topological polar surface area (TPSA) is 76.0 Å². The molecule has 29 heavy (non-hydrogen) atoms. The van der Waals surface area contributed by atoms with E-state index in [1.807, 2.05) is 19.9 Å². The van der Waals surface area contributed by atoms with Crippen LogP contribution < -0.4 is 9.47 Å². The van der Waals surface area contributed by atoms with Crippen molar-refractivity contribution in [3.05, 3.63) is 47.3 Å². The van der Waals surface area contributed by atoms with Crippen LogP contribution in [-0.2, 0) is 20.8 Å². The summed E-state index contributed by atoms with van der Waals surface area (Å²) in [6.45, 7) is 4.83. The SMILES string of the molecule is COc1ccc(OCC(=O)OCC(=O)c2cc(C)n(CC3CCCO3)c2C)cc1. The van der Waals surface area contributed by atoms with Gasteiger partial charge in [-0.1, -0.05) is 0 Å². The van der Waals surface area contributed by atoms with Gasteiger partial charge in [0.05, 0.1) is 13.2 Å². The van der Waals surface area contributed by atoms with Gasteiger partial charge in [0, 0.05) is 30.1 Å². The number of methoxy groups -OCH3 is 1. The number of nitrogens with zero attached hydrogens (tertiary/aromatic N) is 1. The molecule has 156 valence electrons. The second kappa shape index (κ2) is 9.60. The zero-order chi connectivity index (χ0) is 20.8. The molecule has 0 spiro atoms. The molecule has 1 aromatic carbocycles. The van der Waals surface area contributed by atoms with Gasteiger partial charge in [0.15, 0.2) is 13.2 Å². The van der Waals surface area contributed by atoms with E-state index in [2.05, 4.69) is 4.57 Å². The maximum atomic E-state index is 12.5. The van der Waals surface area contributed by atoms with Crippen molar-refractivity contribution < 1.29 is 28.5 Å². The number of carbonyl (C=O) groups excluding carboxylic acids is 2. The maximum Gasteiger partial charge on any atom is 0.344 e. The van der Waals surface area contributed by atoms with Gasteiger partial charge in [0.25, 0.3) is 0 Å². The van der Waals surface area contributed by atoms with E-state index in [4.69, 9.17) is 18.9 Å². The lowest BCUT2D eigenvalue weighted by atomic mass is 10.1. The van der Waals surface area contributed by atoms with Gasteiger partial charge in [-0.25, -0.2) is 4.79 Å². The summed E-state index contributed by atoms with van der Waals surface area (Å²) in [4.78, 5) is 24.5. The zero-order valence-corrected chi connectivity index (χ0v) is 17.1. The van der Waals surface area contributed by atoms with E-state index in [1.165, 1.54) is 0 Å². The van der Waals surface area contributed by atoms with E-state index in [1.54, 1.807) is 31.4 Å². The fourth-order valence-electron chi connectivity index (χ4n) is 3.44. The largest absolute Gasteiger partial charge is 0.497 e. The number of ether oxygens (including phenoxy) is 4. The van der Waals surface area contributed by atoms with E-state index in [0.717, 1.165) is 37.4 Å². The molecule has 2 heterocycles. The molecule has 0 amide bonds. The van der Waals surface area contributed by atoms with Crippen molar-refractivity contribution in [2.45, 2.75) is 39.3 Å². The molecular formula is C22H27NO6. The van der Waals surface area contributed by atoms with Crippen LogP contribution in [0.4, 0.5) is 0 Å². The van der Waals surface area contributed by atoms with Crippen molar-refractivity contribution in [3.63, 3.8) is 0 Å². The van der Waals surface area contributed by atoms with Crippen LogP contribution in [0.1, 0.15) is 34.6 Å². The number of hydrogen-bond donors (Lipinski definition) is 0. The predicted octanol–water partition coefficient (Wildman–Crippen LogP) is 3.10. The minimum atomic E-state index is -0.595. The molecule has 1 saturated heterocycles. The van der Waals surface area contributed by atoms with Crippen molar-refractivity contribution in [2.75, 3.05) is 26.9 Å². The lowest BCUT2D eigenvalue weighted by Gasteiger charge is -2.14. The van der Waals surface area contributed by atoms with Gasteiger partial charge in [-0.05, 0) is 57.0 Å². The summed E-state index contributed by atoms with van der Waals surface area (Å²) in [6.07, 6.45) is 2.30. The maximum absolute atomic E-state index is 12.5. The van der Waals surface area contributed by atoms with Gasteiger partial charge in [-0.2, -0.15) is 0 Å². The molecule has 7 heteroatoms. The van der Waals surface area contributed by atoms with Crippen LogP contribution in [0.25, 0.3) is 0 Å². The van der Waals surface area contributed by atoms with E-state index in [9.17, 15) is 9.59 Å². The monoisotopic (exact) mass is 401 g/mol. The van der Waals surface area contributed by atoms with Gasteiger partial charge in [0.1, 0.15) is 11.5 Å². The van der Waals surface area contributed by atoms with Gasteiger partial charge in [0.2, 0.25) is 5.78 Å². The molecule has 1 unspecified atom stereocenters. The summed E-state index contributed by atoms with van der Waals surface area (Å²) >= 11 is 0. The first kappa shape index (κ1) is 20.9. The molecule has 0 aliphatic carbocycles. The molecule has 0 N–H and O–H groups in total. The third-order valence-corrected chi connectivity index (χ3v) is 5.06. The Bertz CT molecular complexity index is 849. The van der Waals surface area contributed by atoms with Crippen molar-refractivity contribution >= 4 is 11.8 Å². The smallest absolute Gasteiger partial charge is 0.344 e. The van der Waals surface area contributed by atoms with Crippen molar-refractivity contribution in [1.82, 2.24) is 4.57 Å². The van der Waals surface area contributed by atoms with Gasteiger partial charge in [-0.3, -0.25) is 4.79 Å². The number of aromatic nitrogens is 1. The van der Waals surface area contributed by atoms with Crippen LogP contribution in [0.2, 0.25) is 0 Å². The number of Topliss-reactive ketones (excluding diaryl/α,β-unsaturated/α-hetero) is 1. The Morgan fingerprint density at radius 2 is 1.86 bits per heavy atom. The molecule has 1 fully saturated rings. The van der Waals surface area contributed by atoms with E-state index in [-0.39, 0.29) is 25.1 Å². The first-order chi connectivity index (χ1) is 14.0. The summed E-state index contributed by atoms with van der Waals surface area (Å²) in [5.74, 6) is 0.395. The Hall–Kier alpha value is -2.80. The van der Waals surface area contributed by atoms with Crippen molar-refractivity contribution in [2.24, 2.45) is 0 Å². The minimum Gasteiger partial charge on any atom is -0.497 e. The first-order valence-corrected chi connectivity index (χ1v) is 9.72. The molecule has 1 aromatic heterocycles. The molecule has 3 rings (SSSR count). The normalized spacial score (nSPS) is 15.9. The zero-order valence-electron chi connectivity index (χ0n) is 17.1. The second-order valence-electron chi connectivity index (χ2n) is 7.08. The standard InChI is InChI=1S/C22H27NO6/c1-15-11-20(16(2)23(15)12-19-5-4-10-27-19)21(24)13-29-22(25)14-28-18-8-6-17(26-3)7-9-18/h6-9,11,19H,4-5,10,12-14H2,1-3H3. The highest BCUT2D eigenvalue weighted by molar-refractivity contribution is 5.99. The van der Waals surface area contributed by atoms with Crippen molar-refractivity contribution in [1.29, 1.82) is 0 Å². The van der Waals surface area contributed by atoms with Crippen LogP contribution in [0, 0.1) is 13.8 Å². The Morgan fingerprint density at radius 3 is 2.52 bits per heavy atom. The van der Waals surface area contributed by atoms with E-state index < -0.39 is 5.97 Å². The number of ketones is 1. The fourth-order valence-corrected chi connectivity index (χ4v) is 3.44.